The maximum Gasteiger partial charge on any atom is 0.337 e. The second kappa shape index (κ2) is 7.97. The van der Waals surface area contributed by atoms with E-state index in [2.05, 4.69) is 9.46 Å². The molecule has 1 N–H and O–H groups in total. The van der Waals surface area contributed by atoms with Crippen LogP contribution in [0.2, 0.25) is 5.02 Å². The van der Waals surface area contributed by atoms with E-state index in [1.807, 2.05) is 0 Å². The summed E-state index contributed by atoms with van der Waals surface area (Å²) in [4.78, 5) is 11.5. The van der Waals surface area contributed by atoms with Crippen LogP contribution < -0.4 is 4.72 Å². The van der Waals surface area contributed by atoms with Crippen molar-refractivity contribution < 1.29 is 26.4 Å². The van der Waals surface area contributed by atoms with Crippen molar-refractivity contribution in [3.8, 4) is 0 Å². The Bertz CT molecular complexity index is 1060. The third kappa shape index (κ3) is 5.07. The molecule has 0 aliphatic heterocycles. The molecule has 27 heavy (non-hydrogen) atoms. The Morgan fingerprint density at radius 1 is 1.07 bits per heavy atom. The van der Waals surface area contributed by atoms with Gasteiger partial charge in [-0.1, -0.05) is 23.7 Å². The van der Waals surface area contributed by atoms with Crippen LogP contribution >= 0.6 is 11.6 Å². The summed E-state index contributed by atoms with van der Waals surface area (Å²) in [5.41, 5.74) is 0.610. The van der Waals surface area contributed by atoms with Gasteiger partial charge in [0.1, 0.15) is 4.90 Å². The molecule has 146 valence electrons. The van der Waals surface area contributed by atoms with Crippen molar-refractivity contribution >= 4 is 37.4 Å². The first-order valence-corrected chi connectivity index (χ1v) is 11.4. The van der Waals surface area contributed by atoms with Crippen molar-refractivity contribution in [1.29, 1.82) is 0 Å². The number of halogens is 1. The van der Waals surface area contributed by atoms with Crippen molar-refractivity contribution in [2.75, 3.05) is 13.4 Å². The Labute approximate surface area is 163 Å². The fraction of sp³-hybridized carbons (Fsp3) is 0.235. The lowest BCUT2D eigenvalue weighted by molar-refractivity contribution is 0.0600. The summed E-state index contributed by atoms with van der Waals surface area (Å²) in [6.07, 6.45) is 1.09. The molecular weight excluding hydrogens is 414 g/mol. The van der Waals surface area contributed by atoms with Gasteiger partial charge >= 0.3 is 5.97 Å². The number of carbonyl (C=O) groups is 1. The van der Waals surface area contributed by atoms with Gasteiger partial charge < -0.3 is 4.74 Å². The predicted molar refractivity (Wildman–Crippen MR) is 101 cm³/mol. The Morgan fingerprint density at radius 2 is 1.67 bits per heavy atom. The SMILES string of the molecule is COC(=O)c1ccc(Cl)c(S(=O)(=O)N[C@H](C)c2ccc(S(C)(=O)=O)cc2)c1. The number of nitrogens with one attached hydrogen (secondary N) is 1. The lowest BCUT2D eigenvalue weighted by Crippen LogP contribution is -2.27. The molecule has 2 rings (SSSR count). The van der Waals surface area contributed by atoms with Gasteiger partial charge in [0.25, 0.3) is 0 Å². The number of hydrogen-bond donors (Lipinski definition) is 1. The minimum absolute atomic E-state index is 0.0465. The van der Waals surface area contributed by atoms with Crippen molar-refractivity contribution in [1.82, 2.24) is 4.72 Å². The van der Waals surface area contributed by atoms with E-state index in [1.165, 1.54) is 43.5 Å². The molecule has 7 nitrogen and oxygen atoms in total. The third-order valence-corrected chi connectivity index (χ3v) is 6.93. The molecule has 0 bridgehead atoms. The number of hydrogen-bond acceptors (Lipinski definition) is 6. The lowest BCUT2D eigenvalue weighted by Gasteiger charge is -2.16. The van der Waals surface area contributed by atoms with Gasteiger partial charge in [0.15, 0.2) is 9.84 Å². The first kappa shape index (κ1) is 21.4. The first-order valence-electron chi connectivity index (χ1n) is 7.66. The van der Waals surface area contributed by atoms with Crippen LogP contribution in [-0.4, -0.2) is 36.2 Å². The summed E-state index contributed by atoms with van der Waals surface area (Å²) in [7, 11) is -6.21. The highest BCUT2D eigenvalue weighted by Gasteiger charge is 2.23. The first-order chi connectivity index (χ1) is 12.5. The molecule has 0 aliphatic carbocycles. The molecule has 0 unspecified atom stereocenters. The topological polar surface area (TPSA) is 107 Å². The molecule has 0 aliphatic rings. The van der Waals surface area contributed by atoms with E-state index in [1.54, 1.807) is 6.92 Å². The minimum atomic E-state index is -4.05. The van der Waals surface area contributed by atoms with Crippen LogP contribution in [-0.2, 0) is 24.6 Å². The molecule has 0 saturated heterocycles. The van der Waals surface area contributed by atoms with Gasteiger partial charge in [-0.3, -0.25) is 0 Å². The Balaban J connectivity index is 2.32. The quantitative estimate of drug-likeness (QED) is 0.704. The summed E-state index contributed by atoms with van der Waals surface area (Å²) < 4.78 is 55.4. The number of esters is 1. The maximum absolute atomic E-state index is 12.7. The number of benzene rings is 2. The smallest absolute Gasteiger partial charge is 0.337 e. The number of rotatable bonds is 6. The molecule has 0 radical (unpaired) electrons. The molecule has 0 spiro atoms. The molecule has 10 heteroatoms. The summed E-state index contributed by atoms with van der Waals surface area (Å²) in [6.45, 7) is 1.60. The highest BCUT2D eigenvalue weighted by atomic mass is 35.5. The predicted octanol–water partition coefficient (Wildman–Crippen LogP) is 2.57. The van der Waals surface area contributed by atoms with Crippen LogP contribution in [0.25, 0.3) is 0 Å². The zero-order valence-corrected chi connectivity index (χ0v) is 17.2. The van der Waals surface area contributed by atoms with Gasteiger partial charge in [-0.05, 0) is 42.8 Å². The van der Waals surface area contributed by atoms with E-state index in [0.29, 0.717) is 5.56 Å². The van der Waals surface area contributed by atoms with Gasteiger partial charge in [0, 0.05) is 12.3 Å². The van der Waals surface area contributed by atoms with Crippen LogP contribution in [0, 0.1) is 0 Å². The molecule has 0 amide bonds. The van der Waals surface area contributed by atoms with Gasteiger partial charge in [-0.25, -0.2) is 26.4 Å². The standard InChI is InChI=1S/C17H18ClNO6S2/c1-11(12-4-7-14(8-5-12)26(3,21)22)19-27(23,24)16-10-13(17(20)25-2)6-9-15(16)18/h4-11,19H,1-3H3/t11-/m1/s1. The fourth-order valence-corrected chi connectivity index (χ4v) is 4.71. The van der Waals surface area contributed by atoms with Crippen molar-refractivity contribution in [3.63, 3.8) is 0 Å². The average Bonchev–Trinajstić information content (AvgIpc) is 2.60. The maximum atomic E-state index is 12.7. The monoisotopic (exact) mass is 431 g/mol. The van der Waals surface area contributed by atoms with Crippen LogP contribution in [0.15, 0.2) is 52.3 Å². The largest absolute Gasteiger partial charge is 0.465 e. The van der Waals surface area contributed by atoms with Gasteiger partial charge in [0.05, 0.1) is 22.6 Å². The Hall–Kier alpha value is -1.94. The van der Waals surface area contributed by atoms with Gasteiger partial charge in [-0.2, -0.15) is 0 Å². The van der Waals surface area contributed by atoms with Gasteiger partial charge in [0.2, 0.25) is 10.0 Å². The van der Waals surface area contributed by atoms with E-state index in [-0.39, 0.29) is 20.4 Å². The van der Waals surface area contributed by atoms with Crippen molar-refractivity contribution in [2.45, 2.75) is 22.8 Å². The van der Waals surface area contributed by atoms with Crippen LogP contribution in [0.1, 0.15) is 28.9 Å². The number of sulfone groups is 1. The summed E-state index contributed by atoms with van der Waals surface area (Å²) in [5, 5.41) is -0.0465. The molecule has 0 saturated carbocycles. The fourth-order valence-electron chi connectivity index (χ4n) is 2.32. The van der Waals surface area contributed by atoms with Crippen LogP contribution in [0.5, 0.6) is 0 Å². The van der Waals surface area contributed by atoms with Crippen molar-refractivity contribution in [2.24, 2.45) is 0 Å². The van der Waals surface area contributed by atoms with Crippen LogP contribution in [0.3, 0.4) is 0 Å². The molecule has 0 aromatic heterocycles. The lowest BCUT2D eigenvalue weighted by atomic mass is 10.1. The third-order valence-electron chi connectivity index (χ3n) is 3.78. The summed E-state index contributed by atoms with van der Waals surface area (Å²) >= 11 is 5.99. The molecule has 2 aromatic rings. The zero-order chi connectivity index (χ0) is 20.4. The van der Waals surface area contributed by atoms with E-state index < -0.39 is 31.9 Å². The number of ether oxygens (including phenoxy) is 1. The van der Waals surface area contributed by atoms with Gasteiger partial charge in [-0.15, -0.1) is 0 Å². The second-order valence-electron chi connectivity index (χ2n) is 5.82. The highest BCUT2D eigenvalue weighted by molar-refractivity contribution is 7.90. The Kier molecular flexibility index (Phi) is 6.31. The molecule has 0 heterocycles. The van der Waals surface area contributed by atoms with E-state index in [0.717, 1.165) is 12.3 Å². The second-order valence-corrected chi connectivity index (χ2v) is 9.93. The normalized spacial score (nSPS) is 13.2. The number of methoxy groups -OCH3 is 1. The average molecular weight is 432 g/mol. The summed E-state index contributed by atoms with van der Waals surface area (Å²) in [6, 6.07) is 8.98. The molecule has 0 fully saturated rings. The van der Waals surface area contributed by atoms with E-state index >= 15 is 0 Å². The number of sulfonamides is 1. The summed E-state index contributed by atoms with van der Waals surface area (Å²) in [5.74, 6) is -0.687. The van der Waals surface area contributed by atoms with Crippen LogP contribution in [0.4, 0.5) is 0 Å². The number of carbonyl (C=O) groups excluding carboxylic acids is 1. The van der Waals surface area contributed by atoms with E-state index in [9.17, 15) is 21.6 Å². The zero-order valence-electron chi connectivity index (χ0n) is 14.8. The highest BCUT2D eigenvalue weighted by Crippen LogP contribution is 2.25. The molecular formula is C17H18ClNO6S2. The minimum Gasteiger partial charge on any atom is -0.465 e. The Morgan fingerprint density at radius 3 is 2.19 bits per heavy atom. The molecule has 2 aromatic carbocycles. The van der Waals surface area contributed by atoms with E-state index in [4.69, 9.17) is 11.6 Å². The molecule has 1 atom stereocenters. The van der Waals surface area contributed by atoms with Crippen molar-refractivity contribution in [3.05, 3.63) is 58.6 Å².